The van der Waals surface area contributed by atoms with E-state index in [0.717, 1.165) is 10.5 Å². The summed E-state index contributed by atoms with van der Waals surface area (Å²) in [7, 11) is 0. The van der Waals surface area contributed by atoms with Crippen LogP contribution in [0, 0.1) is 11.7 Å². The fourth-order valence-electron chi connectivity index (χ4n) is 1.92. The van der Waals surface area contributed by atoms with E-state index < -0.39 is 5.97 Å². The number of thioether (sulfide) groups is 1. The van der Waals surface area contributed by atoms with Crippen LogP contribution in [0.15, 0.2) is 23.1 Å². The van der Waals surface area contributed by atoms with E-state index in [1.165, 1.54) is 6.07 Å². The smallest absolute Gasteiger partial charge is 0.306 e. The normalized spacial score (nSPS) is 20.5. The zero-order chi connectivity index (χ0) is 11.7. The van der Waals surface area contributed by atoms with E-state index in [0.29, 0.717) is 12.8 Å². The lowest BCUT2D eigenvalue weighted by Gasteiger charge is -2.11. The minimum absolute atomic E-state index is 0.171. The van der Waals surface area contributed by atoms with E-state index in [-0.39, 0.29) is 17.0 Å². The first-order valence-electron chi connectivity index (χ1n) is 5.24. The quantitative estimate of drug-likeness (QED) is 0.882. The van der Waals surface area contributed by atoms with Gasteiger partial charge in [0.25, 0.3) is 0 Å². The van der Waals surface area contributed by atoms with Gasteiger partial charge in [-0.05, 0) is 25.0 Å². The Balaban J connectivity index is 2.06. The van der Waals surface area contributed by atoms with E-state index >= 15 is 0 Å². The molecule has 1 aliphatic rings. The van der Waals surface area contributed by atoms with Gasteiger partial charge in [-0.15, -0.1) is 11.8 Å². The van der Waals surface area contributed by atoms with Crippen LogP contribution in [0.25, 0.3) is 0 Å². The monoisotopic (exact) mass is 240 g/mol. The maximum atomic E-state index is 13.4. The van der Waals surface area contributed by atoms with Gasteiger partial charge in [-0.1, -0.05) is 13.0 Å². The summed E-state index contributed by atoms with van der Waals surface area (Å²) in [6, 6.07) is 5.06. The predicted octanol–water partition coefficient (Wildman–Crippen LogP) is 2.95. The fraction of sp³-hybridized carbons (Fsp3) is 0.417. The third-order valence-electron chi connectivity index (χ3n) is 2.84. The number of halogens is 1. The molecule has 1 aromatic carbocycles. The molecule has 2 unspecified atom stereocenters. The molecule has 4 heteroatoms. The van der Waals surface area contributed by atoms with Gasteiger partial charge < -0.3 is 5.11 Å². The number of benzene rings is 1. The average Bonchev–Trinajstić information content (AvgIpc) is 2.61. The first-order valence-corrected chi connectivity index (χ1v) is 6.12. The molecule has 2 rings (SSSR count). The highest BCUT2D eigenvalue weighted by atomic mass is 32.2. The fourth-order valence-corrected chi connectivity index (χ4v) is 3.40. The molecule has 1 aromatic rings. The second kappa shape index (κ2) is 4.45. The van der Waals surface area contributed by atoms with Crippen LogP contribution in [-0.2, 0) is 11.2 Å². The van der Waals surface area contributed by atoms with Crippen molar-refractivity contribution in [3.63, 3.8) is 0 Å². The third-order valence-corrected chi connectivity index (χ3v) is 4.17. The minimum atomic E-state index is -0.781. The summed E-state index contributed by atoms with van der Waals surface area (Å²) in [5.74, 6) is -1.32. The van der Waals surface area contributed by atoms with E-state index in [4.69, 9.17) is 5.11 Å². The molecule has 0 spiro atoms. The Hall–Kier alpha value is -1.03. The van der Waals surface area contributed by atoms with Crippen LogP contribution in [-0.4, -0.2) is 16.3 Å². The zero-order valence-electron chi connectivity index (χ0n) is 8.94. The Morgan fingerprint density at radius 1 is 1.69 bits per heavy atom. The van der Waals surface area contributed by atoms with Crippen LogP contribution < -0.4 is 0 Å². The molecule has 0 fully saturated rings. The summed E-state index contributed by atoms with van der Waals surface area (Å²) < 4.78 is 13.4. The molecule has 0 amide bonds. The van der Waals surface area contributed by atoms with Gasteiger partial charge in [0.1, 0.15) is 5.82 Å². The standard InChI is InChI=1S/C12H13FO2S/c1-7(12(14)15)5-8-6-9-10(13)3-2-4-11(9)16-8/h2-4,7-8H,5-6H2,1H3,(H,14,15). The summed E-state index contributed by atoms with van der Waals surface area (Å²) in [5.41, 5.74) is 0.745. The summed E-state index contributed by atoms with van der Waals surface area (Å²) in [6.45, 7) is 1.70. The number of hydrogen-bond acceptors (Lipinski definition) is 2. The minimum Gasteiger partial charge on any atom is -0.481 e. The Bertz CT molecular complexity index is 419. The molecule has 1 N–H and O–H groups in total. The van der Waals surface area contributed by atoms with Crippen molar-refractivity contribution in [3.05, 3.63) is 29.6 Å². The Kier molecular flexibility index (Phi) is 3.19. The molecule has 86 valence electrons. The molecular formula is C12H13FO2S. The molecule has 2 atom stereocenters. The van der Waals surface area contributed by atoms with E-state index in [9.17, 15) is 9.18 Å². The number of hydrogen-bond donors (Lipinski definition) is 1. The van der Waals surface area contributed by atoms with E-state index in [2.05, 4.69) is 0 Å². The Morgan fingerprint density at radius 2 is 2.44 bits per heavy atom. The van der Waals surface area contributed by atoms with Crippen LogP contribution in [0.1, 0.15) is 18.9 Å². The molecule has 0 aromatic heterocycles. The molecule has 2 nitrogen and oxygen atoms in total. The van der Waals surface area contributed by atoms with Crippen molar-refractivity contribution < 1.29 is 14.3 Å². The molecule has 0 bridgehead atoms. The lowest BCUT2D eigenvalue weighted by molar-refractivity contribution is -0.141. The van der Waals surface area contributed by atoms with Gasteiger partial charge >= 0.3 is 5.97 Å². The topological polar surface area (TPSA) is 37.3 Å². The zero-order valence-corrected chi connectivity index (χ0v) is 9.76. The van der Waals surface area contributed by atoms with Crippen molar-refractivity contribution in [1.29, 1.82) is 0 Å². The van der Waals surface area contributed by atoms with E-state index in [1.54, 1.807) is 24.8 Å². The molecule has 1 aliphatic heterocycles. The van der Waals surface area contributed by atoms with Crippen LogP contribution in [0.4, 0.5) is 4.39 Å². The van der Waals surface area contributed by atoms with Gasteiger partial charge in [0, 0.05) is 15.7 Å². The molecule has 0 aliphatic carbocycles. The molecule has 0 saturated carbocycles. The lowest BCUT2D eigenvalue weighted by atomic mass is 10.0. The van der Waals surface area contributed by atoms with Crippen molar-refractivity contribution in [2.24, 2.45) is 5.92 Å². The van der Waals surface area contributed by atoms with Crippen molar-refractivity contribution in [1.82, 2.24) is 0 Å². The van der Waals surface area contributed by atoms with Crippen LogP contribution >= 0.6 is 11.8 Å². The van der Waals surface area contributed by atoms with Gasteiger partial charge in [0.2, 0.25) is 0 Å². The first-order chi connectivity index (χ1) is 7.58. The molecule has 0 radical (unpaired) electrons. The summed E-state index contributed by atoms with van der Waals surface area (Å²) in [4.78, 5) is 11.7. The second-order valence-corrected chi connectivity index (χ2v) is 5.48. The molecule has 0 saturated heterocycles. The van der Waals surface area contributed by atoms with Crippen LogP contribution in [0.5, 0.6) is 0 Å². The van der Waals surface area contributed by atoms with Crippen LogP contribution in [0.2, 0.25) is 0 Å². The molecule has 1 heterocycles. The third kappa shape index (κ3) is 2.21. The summed E-state index contributed by atoms with van der Waals surface area (Å²) in [6.07, 6.45) is 1.23. The van der Waals surface area contributed by atoms with Crippen molar-refractivity contribution in [3.8, 4) is 0 Å². The van der Waals surface area contributed by atoms with E-state index in [1.807, 2.05) is 6.07 Å². The number of carboxylic acids is 1. The number of aliphatic carboxylic acids is 1. The highest BCUT2D eigenvalue weighted by Gasteiger charge is 2.27. The first kappa shape index (κ1) is 11.5. The molecular weight excluding hydrogens is 227 g/mol. The average molecular weight is 240 g/mol. The van der Waals surface area contributed by atoms with Crippen molar-refractivity contribution in [2.45, 2.75) is 29.9 Å². The highest BCUT2D eigenvalue weighted by Crippen LogP contribution is 2.40. The lowest BCUT2D eigenvalue weighted by Crippen LogP contribution is -2.15. The second-order valence-electron chi connectivity index (χ2n) is 4.14. The Labute approximate surface area is 97.9 Å². The van der Waals surface area contributed by atoms with Gasteiger partial charge in [-0.3, -0.25) is 4.79 Å². The number of carboxylic acid groups (broad SMARTS) is 1. The SMILES string of the molecule is CC(CC1Cc2c(F)cccc2S1)C(=O)O. The highest BCUT2D eigenvalue weighted by molar-refractivity contribution is 8.00. The predicted molar refractivity (Wildman–Crippen MR) is 61.2 cm³/mol. The maximum Gasteiger partial charge on any atom is 0.306 e. The maximum absolute atomic E-state index is 13.4. The largest absolute Gasteiger partial charge is 0.481 e. The summed E-state index contributed by atoms with van der Waals surface area (Å²) >= 11 is 1.59. The van der Waals surface area contributed by atoms with Crippen molar-refractivity contribution in [2.75, 3.05) is 0 Å². The number of carbonyl (C=O) groups is 1. The number of rotatable bonds is 3. The number of fused-ring (bicyclic) bond motifs is 1. The Morgan fingerprint density at radius 3 is 3.06 bits per heavy atom. The van der Waals surface area contributed by atoms with Gasteiger partial charge in [-0.2, -0.15) is 0 Å². The summed E-state index contributed by atoms with van der Waals surface area (Å²) in [5, 5.41) is 9.02. The van der Waals surface area contributed by atoms with Gasteiger partial charge in [0.05, 0.1) is 5.92 Å². The molecule has 16 heavy (non-hydrogen) atoms. The van der Waals surface area contributed by atoms with Gasteiger partial charge in [-0.25, -0.2) is 4.39 Å². The van der Waals surface area contributed by atoms with Crippen molar-refractivity contribution >= 4 is 17.7 Å². The van der Waals surface area contributed by atoms with Gasteiger partial charge in [0.15, 0.2) is 0 Å². The van der Waals surface area contributed by atoms with Crippen LogP contribution in [0.3, 0.4) is 0 Å².